The van der Waals surface area contributed by atoms with E-state index < -0.39 is 0 Å². The Morgan fingerprint density at radius 3 is 3.06 bits per heavy atom. The van der Waals surface area contributed by atoms with Crippen molar-refractivity contribution < 1.29 is 4.74 Å². The van der Waals surface area contributed by atoms with E-state index >= 15 is 0 Å². The highest BCUT2D eigenvalue weighted by Crippen LogP contribution is 2.26. The van der Waals surface area contributed by atoms with Gasteiger partial charge in [-0.25, -0.2) is 0 Å². The smallest absolute Gasteiger partial charge is 0.0701 e. The molecule has 1 aromatic heterocycles. The van der Waals surface area contributed by atoms with E-state index in [-0.39, 0.29) is 0 Å². The predicted octanol–water partition coefficient (Wildman–Crippen LogP) is 3.07. The van der Waals surface area contributed by atoms with Gasteiger partial charge in [0.25, 0.3) is 0 Å². The van der Waals surface area contributed by atoms with Crippen LogP contribution in [0.3, 0.4) is 0 Å². The molecule has 90 valence electrons. The second-order valence-electron chi connectivity index (χ2n) is 4.20. The Labute approximate surface area is 110 Å². The molecule has 2 heterocycles. The van der Waals surface area contributed by atoms with E-state index in [1.807, 2.05) is 11.3 Å². The van der Waals surface area contributed by atoms with Crippen molar-refractivity contribution in [2.75, 3.05) is 19.8 Å². The summed E-state index contributed by atoms with van der Waals surface area (Å²) >= 11 is 5.35. The molecule has 16 heavy (non-hydrogen) atoms. The summed E-state index contributed by atoms with van der Waals surface area (Å²) in [4.78, 5) is 1.45. The average Bonchev–Trinajstić information content (AvgIpc) is 2.88. The fourth-order valence-electron chi connectivity index (χ4n) is 2.22. The quantitative estimate of drug-likeness (QED) is 0.902. The minimum atomic E-state index is 0.568. The zero-order valence-electron chi connectivity index (χ0n) is 9.54. The van der Waals surface area contributed by atoms with E-state index in [1.165, 1.54) is 15.1 Å². The van der Waals surface area contributed by atoms with Crippen LogP contribution in [0.1, 0.15) is 18.2 Å². The van der Waals surface area contributed by atoms with Gasteiger partial charge in [-0.05, 0) is 47.4 Å². The molecule has 1 aliphatic heterocycles. The summed E-state index contributed by atoms with van der Waals surface area (Å²) in [5.74, 6) is 0.681. The minimum Gasteiger partial charge on any atom is -0.381 e. The van der Waals surface area contributed by atoms with E-state index in [4.69, 9.17) is 4.74 Å². The third-order valence-electron chi connectivity index (χ3n) is 3.05. The number of thiophene rings is 1. The molecular weight excluding hydrogens is 286 g/mol. The van der Waals surface area contributed by atoms with Gasteiger partial charge in [0.1, 0.15) is 0 Å². The van der Waals surface area contributed by atoms with Crippen molar-refractivity contribution in [1.82, 2.24) is 5.32 Å². The lowest BCUT2D eigenvalue weighted by atomic mass is 9.95. The topological polar surface area (TPSA) is 21.3 Å². The summed E-state index contributed by atoms with van der Waals surface area (Å²) in [5.41, 5.74) is 0. The van der Waals surface area contributed by atoms with Crippen LogP contribution >= 0.6 is 27.3 Å². The van der Waals surface area contributed by atoms with Crippen molar-refractivity contribution in [3.05, 3.63) is 20.8 Å². The molecular formula is C12H18BrNOS. The van der Waals surface area contributed by atoms with E-state index in [2.05, 4.69) is 40.3 Å². The lowest BCUT2D eigenvalue weighted by Crippen LogP contribution is -2.38. The van der Waals surface area contributed by atoms with Crippen molar-refractivity contribution in [2.45, 2.75) is 25.8 Å². The SMILES string of the molecule is CCNC(Cc1ccc(Br)s1)C1CCOC1. The van der Waals surface area contributed by atoms with Crippen molar-refractivity contribution >= 4 is 27.3 Å². The van der Waals surface area contributed by atoms with Crippen LogP contribution in [-0.2, 0) is 11.2 Å². The maximum Gasteiger partial charge on any atom is 0.0701 e. The zero-order valence-corrected chi connectivity index (χ0v) is 11.9. The Kier molecular flexibility index (Phi) is 4.82. The van der Waals surface area contributed by atoms with Crippen LogP contribution in [-0.4, -0.2) is 25.8 Å². The summed E-state index contributed by atoms with van der Waals surface area (Å²) in [6.45, 7) is 5.06. The van der Waals surface area contributed by atoms with Crippen LogP contribution in [0.25, 0.3) is 0 Å². The lowest BCUT2D eigenvalue weighted by Gasteiger charge is -2.22. The summed E-state index contributed by atoms with van der Waals surface area (Å²) in [6, 6.07) is 4.92. The van der Waals surface area contributed by atoms with Gasteiger partial charge in [-0.15, -0.1) is 11.3 Å². The second-order valence-corrected chi connectivity index (χ2v) is 6.75. The number of ether oxygens (including phenoxy) is 1. The highest BCUT2D eigenvalue weighted by atomic mass is 79.9. The second kappa shape index (κ2) is 6.15. The van der Waals surface area contributed by atoms with Gasteiger partial charge in [0.05, 0.1) is 10.4 Å². The third kappa shape index (κ3) is 3.29. The first-order valence-corrected chi connectivity index (χ1v) is 7.46. The molecule has 0 aromatic carbocycles. The maximum absolute atomic E-state index is 5.48. The molecule has 0 aliphatic carbocycles. The number of likely N-dealkylation sites (N-methyl/N-ethyl adjacent to an activating group) is 1. The van der Waals surface area contributed by atoms with Gasteiger partial charge < -0.3 is 10.1 Å². The van der Waals surface area contributed by atoms with Crippen LogP contribution in [0.15, 0.2) is 15.9 Å². The minimum absolute atomic E-state index is 0.568. The maximum atomic E-state index is 5.48. The molecule has 1 aromatic rings. The predicted molar refractivity (Wildman–Crippen MR) is 72.1 cm³/mol. The molecule has 1 N–H and O–H groups in total. The lowest BCUT2D eigenvalue weighted by molar-refractivity contribution is 0.176. The van der Waals surface area contributed by atoms with Gasteiger partial charge in [-0.3, -0.25) is 0 Å². The van der Waals surface area contributed by atoms with Gasteiger partial charge in [0.2, 0.25) is 0 Å². The first kappa shape index (κ1) is 12.6. The van der Waals surface area contributed by atoms with Crippen molar-refractivity contribution in [3.63, 3.8) is 0 Å². The Morgan fingerprint density at radius 2 is 2.50 bits per heavy atom. The number of halogens is 1. The van der Waals surface area contributed by atoms with Gasteiger partial charge >= 0.3 is 0 Å². The first-order chi connectivity index (χ1) is 7.79. The summed E-state index contributed by atoms with van der Waals surface area (Å²) in [5, 5.41) is 3.59. The van der Waals surface area contributed by atoms with Crippen LogP contribution in [0.2, 0.25) is 0 Å². The number of nitrogens with one attached hydrogen (secondary N) is 1. The monoisotopic (exact) mass is 303 g/mol. The van der Waals surface area contributed by atoms with Crippen LogP contribution in [0, 0.1) is 5.92 Å². The van der Waals surface area contributed by atoms with Crippen LogP contribution < -0.4 is 5.32 Å². The molecule has 0 spiro atoms. The normalized spacial score (nSPS) is 22.5. The molecule has 0 saturated carbocycles. The highest BCUT2D eigenvalue weighted by molar-refractivity contribution is 9.11. The standard InChI is InChI=1S/C12H18BrNOS/c1-2-14-11(9-5-6-15-8-9)7-10-3-4-12(13)16-10/h3-4,9,11,14H,2,5-8H2,1H3. The van der Waals surface area contributed by atoms with Crippen LogP contribution in [0.5, 0.6) is 0 Å². The molecule has 0 radical (unpaired) electrons. The van der Waals surface area contributed by atoms with Gasteiger partial charge in [0, 0.05) is 23.4 Å². The molecule has 2 unspecified atom stereocenters. The number of hydrogen-bond donors (Lipinski definition) is 1. The molecule has 1 aliphatic rings. The Morgan fingerprint density at radius 1 is 1.62 bits per heavy atom. The Bertz CT molecular complexity index is 323. The van der Waals surface area contributed by atoms with Crippen molar-refractivity contribution in [3.8, 4) is 0 Å². The first-order valence-electron chi connectivity index (χ1n) is 5.85. The molecule has 2 nitrogen and oxygen atoms in total. The Balaban J connectivity index is 1.96. The molecule has 4 heteroatoms. The number of rotatable bonds is 5. The van der Waals surface area contributed by atoms with E-state index in [1.54, 1.807) is 0 Å². The van der Waals surface area contributed by atoms with E-state index in [9.17, 15) is 0 Å². The Hall–Kier alpha value is 0.1000. The van der Waals surface area contributed by atoms with Crippen molar-refractivity contribution in [1.29, 1.82) is 0 Å². The highest BCUT2D eigenvalue weighted by Gasteiger charge is 2.25. The van der Waals surface area contributed by atoms with E-state index in [0.717, 1.165) is 26.2 Å². The van der Waals surface area contributed by atoms with Gasteiger partial charge in [0.15, 0.2) is 0 Å². The zero-order chi connectivity index (χ0) is 11.4. The summed E-state index contributed by atoms with van der Waals surface area (Å²) in [6.07, 6.45) is 2.32. The summed E-state index contributed by atoms with van der Waals surface area (Å²) in [7, 11) is 0. The van der Waals surface area contributed by atoms with Crippen LogP contribution in [0.4, 0.5) is 0 Å². The van der Waals surface area contributed by atoms with Gasteiger partial charge in [-0.1, -0.05) is 6.92 Å². The number of hydrogen-bond acceptors (Lipinski definition) is 3. The largest absolute Gasteiger partial charge is 0.381 e. The molecule has 2 rings (SSSR count). The summed E-state index contributed by atoms with van der Waals surface area (Å²) < 4.78 is 6.70. The van der Waals surface area contributed by atoms with Crippen molar-refractivity contribution in [2.24, 2.45) is 5.92 Å². The molecule has 0 amide bonds. The molecule has 2 atom stereocenters. The van der Waals surface area contributed by atoms with E-state index in [0.29, 0.717) is 12.0 Å². The molecule has 0 bridgehead atoms. The van der Waals surface area contributed by atoms with Gasteiger partial charge in [-0.2, -0.15) is 0 Å². The fraction of sp³-hybridized carbons (Fsp3) is 0.667. The third-order valence-corrected chi connectivity index (χ3v) is 4.70. The molecule has 1 fully saturated rings. The molecule has 1 saturated heterocycles. The average molecular weight is 304 g/mol. The fourth-order valence-corrected chi connectivity index (χ4v) is 3.76.